The number of rotatable bonds is 3. The van der Waals surface area contributed by atoms with Crippen LogP contribution in [0.5, 0.6) is 0 Å². The van der Waals surface area contributed by atoms with Gasteiger partial charge in [-0.2, -0.15) is 0 Å². The van der Waals surface area contributed by atoms with Crippen LogP contribution in [-0.4, -0.2) is 16.1 Å². The fourth-order valence-corrected chi connectivity index (χ4v) is 1.43. The predicted octanol–water partition coefficient (Wildman–Crippen LogP) is 1.62. The van der Waals surface area contributed by atoms with Crippen molar-refractivity contribution in [3.63, 3.8) is 0 Å². The molecule has 1 amide bonds. The fraction of sp³-hybridized carbons (Fsp3) is 0.375. The second kappa shape index (κ2) is 4.71. The van der Waals surface area contributed by atoms with Gasteiger partial charge >= 0.3 is 0 Å². The Bertz CT molecular complexity index is 319. The van der Waals surface area contributed by atoms with Crippen LogP contribution in [0.4, 0.5) is 5.13 Å². The summed E-state index contributed by atoms with van der Waals surface area (Å²) in [5, 5.41) is 11.8. The quantitative estimate of drug-likeness (QED) is 0.749. The van der Waals surface area contributed by atoms with Crippen molar-refractivity contribution in [2.24, 2.45) is 0 Å². The van der Waals surface area contributed by atoms with Gasteiger partial charge in [0.2, 0.25) is 11.0 Å². The number of carbonyl (C=O) groups excluding carboxylic acids is 1. The lowest BCUT2D eigenvalue weighted by Crippen LogP contribution is -2.07. The van der Waals surface area contributed by atoms with E-state index in [0.29, 0.717) is 5.13 Å². The van der Waals surface area contributed by atoms with Crippen LogP contribution in [0.3, 0.4) is 0 Å². The zero-order valence-corrected chi connectivity index (χ0v) is 8.39. The molecule has 0 saturated heterocycles. The Labute approximate surface area is 80.7 Å². The van der Waals surface area contributed by atoms with Crippen LogP contribution in [-0.2, 0) is 11.2 Å². The summed E-state index contributed by atoms with van der Waals surface area (Å²) in [6.07, 6.45) is 3.97. The number of nitrogens with one attached hydrogen (secondary N) is 1. The van der Waals surface area contributed by atoms with Crippen LogP contribution in [0.15, 0.2) is 12.2 Å². The molecule has 0 aromatic carbocycles. The van der Waals surface area contributed by atoms with Gasteiger partial charge in [0.05, 0.1) is 0 Å². The number of aromatic nitrogens is 2. The number of amides is 1. The van der Waals surface area contributed by atoms with Crippen LogP contribution in [0.25, 0.3) is 0 Å². The van der Waals surface area contributed by atoms with E-state index in [-0.39, 0.29) is 5.91 Å². The SMILES string of the molecule is CC=CC(=O)Nc1nnc(CC)s1. The summed E-state index contributed by atoms with van der Waals surface area (Å²) >= 11 is 1.40. The molecule has 0 saturated carbocycles. The van der Waals surface area contributed by atoms with Gasteiger partial charge in [0.15, 0.2) is 0 Å². The number of hydrogen-bond acceptors (Lipinski definition) is 4. The molecule has 0 atom stereocenters. The Balaban J connectivity index is 2.58. The minimum Gasteiger partial charge on any atom is -0.297 e. The van der Waals surface area contributed by atoms with E-state index in [2.05, 4.69) is 15.5 Å². The number of nitrogens with zero attached hydrogens (tertiary/aromatic N) is 2. The molecule has 70 valence electrons. The van der Waals surface area contributed by atoms with E-state index in [1.54, 1.807) is 13.0 Å². The third kappa shape index (κ3) is 2.95. The zero-order chi connectivity index (χ0) is 9.68. The van der Waals surface area contributed by atoms with Crippen molar-refractivity contribution in [1.29, 1.82) is 0 Å². The van der Waals surface area contributed by atoms with Crippen molar-refractivity contribution in [2.75, 3.05) is 5.32 Å². The predicted molar refractivity (Wildman–Crippen MR) is 52.7 cm³/mol. The molecule has 0 fully saturated rings. The summed E-state index contributed by atoms with van der Waals surface area (Å²) in [4.78, 5) is 11.1. The van der Waals surface area contributed by atoms with Crippen LogP contribution in [0.2, 0.25) is 0 Å². The summed E-state index contributed by atoms with van der Waals surface area (Å²) < 4.78 is 0. The monoisotopic (exact) mass is 197 g/mol. The Morgan fingerprint density at radius 3 is 2.92 bits per heavy atom. The smallest absolute Gasteiger partial charge is 0.249 e. The number of allylic oxidation sites excluding steroid dienone is 1. The minimum atomic E-state index is -0.165. The second-order valence-corrected chi connectivity index (χ2v) is 3.41. The highest BCUT2D eigenvalue weighted by Crippen LogP contribution is 2.14. The molecular weight excluding hydrogens is 186 g/mol. The number of carbonyl (C=O) groups is 1. The van der Waals surface area contributed by atoms with Gasteiger partial charge in [-0.3, -0.25) is 10.1 Å². The van der Waals surface area contributed by atoms with Crippen LogP contribution >= 0.6 is 11.3 Å². The molecule has 1 heterocycles. The molecule has 0 spiro atoms. The summed E-state index contributed by atoms with van der Waals surface area (Å²) in [5.41, 5.74) is 0. The largest absolute Gasteiger partial charge is 0.297 e. The van der Waals surface area contributed by atoms with Crippen molar-refractivity contribution in [3.05, 3.63) is 17.2 Å². The first-order valence-electron chi connectivity index (χ1n) is 4.02. The van der Waals surface area contributed by atoms with Gasteiger partial charge in [0, 0.05) is 0 Å². The van der Waals surface area contributed by atoms with E-state index >= 15 is 0 Å². The maximum atomic E-state index is 11.1. The third-order valence-electron chi connectivity index (χ3n) is 1.32. The molecular formula is C8H11N3OS. The molecule has 0 aliphatic heterocycles. The zero-order valence-electron chi connectivity index (χ0n) is 7.57. The average Bonchev–Trinajstić information content (AvgIpc) is 2.52. The van der Waals surface area contributed by atoms with Crippen LogP contribution in [0.1, 0.15) is 18.9 Å². The van der Waals surface area contributed by atoms with Crippen molar-refractivity contribution in [1.82, 2.24) is 10.2 Å². The van der Waals surface area contributed by atoms with E-state index in [0.717, 1.165) is 11.4 Å². The molecule has 1 N–H and O–H groups in total. The number of hydrogen-bond donors (Lipinski definition) is 1. The highest BCUT2D eigenvalue weighted by Gasteiger charge is 2.03. The Kier molecular flexibility index (Phi) is 3.57. The topological polar surface area (TPSA) is 54.9 Å². The lowest BCUT2D eigenvalue weighted by atomic mass is 10.5. The summed E-state index contributed by atoms with van der Waals surface area (Å²) in [7, 11) is 0. The van der Waals surface area contributed by atoms with E-state index in [4.69, 9.17) is 0 Å². The first kappa shape index (κ1) is 9.85. The number of anilines is 1. The van der Waals surface area contributed by atoms with Gasteiger partial charge in [0.1, 0.15) is 5.01 Å². The molecule has 0 aliphatic rings. The van der Waals surface area contributed by atoms with E-state index in [1.807, 2.05) is 6.92 Å². The molecule has 13 heavy (non-hydrogen) atoms. The third-order valence-corrected chi connectivity index (χ3v) is 2.30. The Morgan fingerprint density at radius 2 is 2.38 bits per heavy atom. The van der Waals surface area contributed by atoms with Crippen molar-refractivity contribution in [3.8, 4) is 0 Å². The van der Waals surface area contributed by atoms with Gasteiger partial charge in [-0.1, -0.05) is 24.3 Å². The van der Waals surface area contributed by atoms with Gasteiger partial charge in [-0.25, -0.2) is 0 Å². The van der Waals surface area contributed by atoms with Crippen molar-refractivity contribution < 1.29 is 4.79 Å². The Hall–Kier alpha value is -1.23. The molecule has 5 heteroatoms. The van der Waals surface area contributed by atoms with Gasteiger partial charge in [-0.05, 0) is 19.4 Å². The van der Waals surface area contributed by atoms with Crippen LogP contribution < -0.4 is 5.32 Å². The minimum absolute atomic E-state index is 0.165. The summed E-state index contributed by atoms with van der Waals surface area (Å²) in [6, 6.07) is 0. The molecule has 0 bridgehead atoms. The normalized spacial score (nSPS) is 10.6. The van der Waals surface area contributed by atoms with E-state index in [9.17, 15) is 4.79 Å². The van der Waals surface area contributed by atoms with Crippen molar-refractivity contribution in [2.45, 2.75) is 20.3 Å². The van der Waals surface area contributed by atoms with Gasteiger partial charge in [-0.15, -0.1) is 10.2 Å². The molecule has 0 radical (unpaired) electrons. The molecule has 0 unspecified atom stereocenters. The average molecular weight is 197 g/mol. The molecule has 1 rings (SSSR count). The second-order valence-electron chi connectivity index (χ2n) is 2.34. The lowest BCUT2D eigenvalue weighted by molar-refractivity contribution is -0.111. The highest BCUT2D eigenvalue weighted by atomic mass is 32.1. The number of aryl methyl sites for hydroxylation is 1. The summed E-state index contributed by atoms with van der Waals surface area (Å²) in [5.74, 6) is -0.165. The van der Waals surface area contributed by atoms with Gasteiger partial charge in [0.25, 0.3) is 0 Å². The molecule has 0 aliphatic carbocycles. The first-order valence-corrected chi connectivity index (χ1v) is 4.84. The molecule has 1 aromatic heterocycles. The fourth-order valence-electron chi connectivity index (χ4n) is 0.745. The van der Waals surface area contributed by atoms with Crippen molar-refractivity contribution >= 4 is 22.4 Å². The van der Waals surface area contributed by atoms with E-state index < -0.39 is 0 Å². The maximum absolute atomic E-state index is 11.1. The van der Waals surface area contributed by atoms with Gasteiger partial charge < -0.3 is 0 Å². The maximum Gasteiger partial charge on any atom is 0.249 e. The molecule has 1 aromatic rings. The lowest BCUT2D eigenvalue weighted by Gasteiger charge is -1.92. The molecule has 4 nitrogen and oxygen atoms in total. The standard InChI is InChI=1S/C8H11N3OS/c1-3-5-6(12)9-8-11-10-7(4-2)13-8/h3,5H,4H2,1-2H3,(H,9,11,12). The summed E-state index contributed by atoms with van der Waals surface area (Å²) in [6.45, 7) is 3.79. The highest BCUT2D eigenvalue weighted by molar-refractivity contribution is 7.15. The van der Waals surface area contributed by atoms with Crippen LogP contribution in [0, 0.1) is 0 Å². The van der Waals surface area contributed by atoms with E-state index in [1.165, 1.54) is 17.4 Å². The Morgan fingerprint density at radius 1 is 1.62 bits per heavy atom. The first-order chi connectivity index (χ1) is 6.26.